The Kier molecular flexibility index (Phi) is 8.48. The molecular weight excluding hydrogens is 200 g/mol. The summed E-state index contributed by atoms with van der Waals surface area (Å²) in [4.78, 5) is 0. The van der Waals surface area contributed by atoms with Gasteiger partial charge in [0.15, 0.2) is 0 Å². The van der Waals surface area contributed by atoms with Gasteiger partial charge in [0.05, 0.1) is 0 Å². The van der Waals surface area contributed by atoms with E-state index < -0.39 is 0 Å². The fourth-order valence-electron chi connectivity index (χ4n) is 0.902. The molecule has 66 valence electrons. The largest absolute Gasteiger partial charge is 0.0928 e. The van der Waals surface area contributed by atoms with Crippen molar-refractivity contribution >= 4 is 15.9 Å². The molecule has 0 bridgehead atoms. The van der Waals surface area contributed by atoms with Crippen LogP contribution >= 0.6 is 15.9 Å². The molecule has 0 radical (unpaired) electrons. The number of hydrogen-bond acceptors (Lipinski definition) is 0. The minimum absolute atomic E-state index is 0.714. The van der Waals surface area contributed by atoms with Gasteiger partial charge < -0.3 is 0 Å². The highest BCUT2D eigenvalue weighted by Gasteiger charge is 1.86. The molecule has 0 aromatic rings. The summed E-state index contributed by atoms with van der Waals surface area (Å²) >= 11 is 3.42. The van der Waals surface area contributed by atoms with Crippen LogP contribution in [0.4, 0.5) is 0 Å². The molecule has 0 aromatic carbocycles. The third-order valence-electron chi connectivity index (χ3n) is 1.53. The van der Waals surface area contributed by atoms with Gasteiger partial charge in [-0.05, 0) is 25.2 Å². The van der Waals surface area contributed by atoms with E-state index in [1.54, 1.807) is 0 Å². The molecule has 0 heterocycles. The van der Waals surface area contributed by atoms with Gasteiger partial charge in [0, 0.05) is 5.33 Å². The van der Waals surface area contributed by atoms with E-state index in [1.807, 2.05) is 0 Å². The van der Waals surface area contributed by atoms with Crippen LogP contribution in [-0.2, 0) is 0 Å². The molecule has 0 saturated heterocycles. The Morgan fingerprint density at radius 1 is 1.18 bits per heavy atom. The van der Waals surface area contributed by atoms with Crippen LogP contribution in [0.2, 0.25) is 0 Å². The van der Waals surface area contributed by atoms with E-state index in [0.29, 0.717) is 5.92 Å². The highest BCUT2D eigenvalue weighted by Crippen LogP contribution is 2.04. The second-order valence-corrected chi connectivity index (χ2v) is 4.00. The lowest BCUT2D eigenvalue weighted by Crippen LogP contribution is -1.79. The molecule has 11 heavy (non-hydrogen) atoms. The van der Waals surface area contributed by atoms with Crippen molar-refractivity contribution in [2.24, 2.45) is 5.92 Å². The van der Waals surface area contributed by atoms with E-state index in [0.717, 1.165) is 5.33 Å². The molecule has 0 atom stereocenters. The van der Waals surface area contributed by atoms with Crippen LogP contribution in [0, 0.1) is 5.92 Å². The van der Waals surface area contributed by atoms with Crippen molar-refractivity contribution in [3.05, 3.63) is 12.2 Å². The third-order valence-corrected chi connectivity index (χ3v) is 2.09. The van der Waals surface area contributed by atoms with E-state index in [4.69, 9.17) is 0 Å². The number of halogens is 1. The molecule has 0 rings (SSSR count). The predicted molar refractivity (Wildman–Crippen MR) is 56.2 cm³/mol. The Labute approximate surface area is 79.2 Å². The molecule has 0 N–H and O–H groups in total. The minimum Gasteiger partial charge on any atom is -0.0928 e. The van der Waals surface area contributed by atoms with Crippen LogP contribution in [0.15, 0.2) is 12.2 Å². The summed E-state index contributed by atoms with van der Waals surface area (Å²) in [6.07, 6.45) is 9.86. The summed E-state index contributed by atoms with van der Waals surface area (Å²) in [5, 5.41) is 1.15. The third kappa shape index (κ3) is 10.2. The molecule has 0 nitrogen and oxygen atoms in total. The monoisotopic (exact) mass is 218 g/mol. The maximum absolute atomic E-state index is 3.42. The highest BCUT2D eigenvalue weighted by molar-refractivity contribution is 9.09. The van der Waals surface area contributed by atoms with Crippen LogP contribution in [0.3, 0.4) is 0 Å². The van der Waals surface area contributed by atoms with Crippen LogP contribution in [0.1, 0.15) is 39.5 Å². The average molecular weight is 219 g/mol. The first-order valence-corrected chi connectivity index (χ1v) is 5.62. The maximum atomic E-state index is 3.42. The number of rotatable bonds is 6. The number of allylic oxidation sites excluding steroid dienone is 2. The molecule has 0 saturated carbocycles. The molecule has 0 aliphatic heterocycles. The predicted octanol–water partition coefficient (Wildman–Crippen LogP) is 4.15. The summed E-state index contributed by atoms with van der Waals surface area (Å²) in [7, 11) is 0. The van der Waals surface area contributed by atoms with E-state index in [-0.39, 0.29) is 0 Å². The summed E-state index contributed by atoms with van der Waals surface area (Å²) in [6, 6.07) is 0. The first-order chi connectivity index (χ1) is 5.27. The van der Waals surface area contributed by atoms with Gasteiger partial charge in [-0.3, -0.25) is 0 Å². The Morgan fingerprint density at radius 2 is 1.91 bits per heavy atom. The summed E-state index contributed by atoms with van der Waals surface area (Å²) in [5.41, 5.74) is 0. The Hall–Kier alpha value is 0.220. The summed E-state index contributed by atoms with van der Waals surface area (Å²) in [6.45, 7) is 4.43. The lowest BCUT2D eigenvalue weighted by molar-refractivity contribution is 0.730. The van der Waals surface area contributed by atoms with E-state index in [1.165, 1.54) is 25.7 Å². The molecule has 0 amide bonds. The fraction of sp³-hybridized carbons (Fsp3) is 0.800. The Morgan fingerprint density at radius 3 is 2.45 bits per heavy atom. The van der Waals surface area contributed by atoms with E-state index in [9.17, 15) is 0 Å². The first kappa shape index (κ1) is 11.2. The number of unbranched alkanes of at least 4 members (excludes halogenated alkanes) is 3. The molecule has 0 aliphatic rings. The van der Waals surface area contributed by atoms with Crippen molar-refractivity contribution in [3.63, 3.8) is 0 Å². The van der Waals surface area contributed by atoms with Crippen LogP contribution in [-0.4, -0.2) is 5.33 Å². The smallest absolute Gasteiger partial charge is 0.00313 e. The number of alkyl halides is 1. The Balaban J connectivity index is 3.01. The maximum Gasteiger partial charge on any atom is 0.00313 e. The van der Waals surface area contributed by atoms with Gasteiger partial charge in [0.2, 0.25) is 0 Å². The summed E-state index contributed by atoms with van der Waals surface area (Å²) in [5.74, 6) is 0.714. The first-order valence-electron chi connectivity index (χ1n) is 4.50. The van der Waals surface area contributed by atoms with Gasteiger partial charge in [-0.15, -0.1) is 0 Å². The molecule has 0 spiro atoms. The fourth-order valence-corrected chi connectivity index (χ4v) is 1.30. The second kappa shape index (κ2) is 8.32. The van der Waals surface area contributed by atoms with Gasteiger partial charge in [-0.25, -0.2) is 0 Å². The topological polar surface area (TPSA) is 0 Å². The zero-order valence-corrected chi connectivity index (χ0v) is 9.23. The summed E-state index contributed by atoms with van der Waals surface area (Å²) < 4.78 is 0. The van der Waals surface area contributed by atoms with E-state index in [2.05, 4.69) is 41.9 Å². The van der Waals surface area contributed by atoms with Crippen molar-refractivity contribution in [1.82, 2.24) is 0 Å². The van der Waals surface area contributed by atoms with Gasteiger partial charge in [0.1, 0.15) is 0 Å². The van der Waals surface area contributed by atoms with Crippen molar-refractivity contribution < 1.29 is 0 Å². The molecule has 0 aliphatic carbocycles. The molecule has 0 aromatic heterocycles. The molecule has 0 unspecified atom stereocenters. The molecular formula is C10H19Br. The lowest BCUT2D eigenvalue weighted by Gasteiger charge is -1.95. The van der Waals surface area contributed by atoms with Crippen molar-refractivity contribution in [2.75, 3.05) is 5.33 Å². The molecule has 0 fully saturated rings. The SMILES string of the molecule is CC(C)/C=C/CCCCCBr. The minimum atomic E-state index is 0.714. The van der Waals surface area contributed by atoms with Crippen LogP contribution < -0.4 is 0 Å². The number of hydrogen-bond donors (Lipinski definition) is 0. The highest BCUT2D eigenvalue weighted by atomic mass is 79.9. The van der Waals surface area contributed by atoms with E-state index >= 15 is 0 Å². The lowest BCUT2D eigenvalue weighted by atomic mass is 10.1. The van der Waals surface area contributed by atoms with Crippen molar-refractivity contribution in [2.45, 2.75) is 39.5 Å². The van der Waals surface area contributed by atoms with Gasteiger partial charge in [-0.2, -0.15) is 0 Å². The standard InChI is InChI=1S/C10H19Br/c1-10(2)8-6-4-3-5-7-9-11/h6,8,10H,3-5,7,9H2,1-2H3/b8-6+. The van der Waals surface area contributed by atoms with Gasteiger partial charge >= 0.3 is 0 Å². The van der Waals surface area contributed by atoms with Gasteiger partial charge in [0.25, 0.3) is 0 Å². The average Bonchev–Trinajstić information content (AvgIpc) is 1.96. The van der Waals surface area contributed by atoms with Crippen molar-refractivity contribution in [3.8, 4) is 0 Å². The zero-order valence-electron chi connectivity index (χ0n) is 7.65. The Bertz CT molecular complexity index is 95.0. The van der Waals surface area contributed by atoms with Crippen LogP contribution in [0.25, 0.3) is 0 Å². The quantitative estimate of drug-likeness (QED) is 0.357. The second-order valence-electron chi connectivity index (χ2n) is 3.21. The molecule has 1 heteroatoms. The van der Waals surface area contributed by atoms with Crippen molar-refractivity contribution in [1.29, 1.82) is 0 Å². The van der Waals surface area contributed by atoms with Gasteiger partial charge in [-0.1, -0.05) is 48.4 Å². The normalized spacial score (nSPS) is 11.6. The van der Waals surface area contributed by atoms with Crippen LogP contribution in [0.5, 0.6) is 0 Å². The zero-order chi connectivity index (χ0) is 8.53.